The number of halogens is 2. The van der Waals surface area contributed by atoms with Crippen LogP contribution in [0.4, 0.5) is 0 Å². The molecule has 0 aliphatic rings. The van der Waals surface area contributed by atoms with Crippen LogP contribution in [0.5, 0.6) is 0 Å². The molecule has 0 fully saturated rings. The van der Waals surface area contributed by atoms with Gasteiger partial charge in [-0.25, -0.2) is 0 Å². The van der Waals surface area contributed by atoms with Crippen LogP contribution in [-0.4, -0.2) is 6.54 Å². The number of benzene rings is 2. The van der Waals surface area contributed by atoms with Gasteiger partial charge in [-0.05, 0) is 47.9 Å². The molecule has 0 aliphatic heterocycles. The van der Waals surface area contributed by atoms with Crippen LogP contribution in [0.3, 0.4) is 0 Å². The Morgan fingerprint density at radius 2 is 1.53 bits per heavy atom. The summed E-state index contributed by atoms with van der Waals surface area (Å²) in [4.78, 5) is 0. The van der Waals surface area contributed by atoms with E-state index in [2.05, 4.69) is 36.5 Å². The van der Waals surface area contributed by atoms with Gasteiger partial charge in [-0.3, -0.25) is 0 Å². The van der Waals surface area contributed by atoms with Crippen LogP contribution in [-0.2, 0) is 6.54 Å². The summed E-state index contributed by atoms with van der Waals surface area (Å²) in [7, 11) is 0. The molecule has 1 nitrogen and oxygen atoms in total. The van der Waals surface area contributed by atoms with Gasteiger partial charge in [0.05, 0.1) is 0 Å². The maximum absolute atomic E-state index is 6.02. The zero-order valence-electron chi connectivity index (χ0n) is 10.9. The third kappa shape index (κ3) is 4.24. The van der Waals surface area contributed by atoms with Crippen LogP contribution >= 0.6 is 23.2 Å². The van der Waals surface area contributed by atoms with E-state index in [0.717, 1.165) is 30.6 Å². The molecule has 0 aliphatic carbocycles. The van der Waals surface area contributed by atoms with Crippen molar-refractivity contribution < 1.29 is 0 Å². The first-order chi connectivity index (χ1) is 9.19. The molecule has 19 heavy (non-hydrogen) atoms. The molecule has 0 atom stereocenters. The van der Waals surface area contributed by atoms with Gasteiger partial charge in [0.15, 0.2) is 0 Å². The van der Waals surface area contributed by atoms with E-state index in [0.29, 0.717) is 10.0 Å². The minimum Gasteiger partial charge on any atom is -0.313 e. The summed E-state index contributed by atoms with van der Waals surface area (Å²) in [6.07, 6.45) is 1.15. The van der Waals surface area contributed by atoms with Gasteiger partial charge < -0.3 is 5.32 Å². The van der Waals surface area contributed by atoms with E-state index < -0.39 is 0 Å². The first-order valence-corrected chi connectivity index (χ1v) is 7.21. The molecule has 0 saturated carbocycles. The Balaban J connectivity index is 2.13. The average Bonchev–Trinajstić information content (AvgIpc) is 2.39. The van der Waals surface area contributed by atoms with Crippen molar-refractivity contribution in [1.29, 1.82) is 0 Å². The quantitative estimate of drug-likeness (QED) is 0.751. The molecule has 0 unspecified atom stereocenters. The summed E-state index contributed by atoms with van der Waals surface area (Å²) >= 11 is 12.0. The summed E-state index contributed by atoms with van der Waals surface area (Å²) in [5.74, 6) is 0. The summed E-state index contributed by atoms with van der Waals surface area (Å²) in [6.45, 7) is 4.12. The standard InChI is InChI=1S/C16H17Cl2N/c1-2-7-19-11-12-3-5-13(6-4-12)14-8-15(17)10-16(18)9-14/h3-6,8-10,19H,2,7,11H2,1H3. The maximum atomic E-state index is 6.02. The van der Waals surface area contributed by atoms with E-state index in [-0.39, 0.29) is 0 Å². The molecule has 0 aromatic heterocycles. The van der Waals surface area contributed by atoms with E-state index in [1.54, 1.807) is 6.07 Å². The second-order valence-electron chi connectivity index (χ2n) is 4.53. The number of hydrogen-bond acceptors (Lipinski definition) is 1. The Bertz CT molecular complexity index is 515. The number of hydrogen-bond donors (Lipinski definition) is 1. The third-order valence-electron chi connectivity index (χ3n) is 2.91. The third-order valence-corrected chi connectivity index (χ3v) is 3.34. The highest BCUT2D eigenvalue weighted by Gasteiger charge is 2.01. The Morgan fingerprint density at radius 3 is 2.11 bits per heavy atom. The fourth-order valence-electron chi connectivity index (χ4n) is 1.95. The first-order valence-electron chi connectivity index (χ1n) is 6.45. The maximum Gasteiger partial charge on any atom is 0.0426 e. The van der Waals surface area contributed by atoms with E-state index in [1.165, 1.54) is 5.56 Å². The van der Waals surface area contributed by atoms with Gasteiger partial charge >= 0.3 is 0 Å². The lowest BCUT2D eigenvalue weighted by molar-refractivity contribution is 0.675. The highest BCUT2D eigenvalue weighted by molar-refractivity contribution is 6.35. The lowest BCUT2D eigenvalue weighted by Gasteiger charge is -2.06. The van der Waals surface area contributed by atoms with Crippen molar-refractivity contribution in [3.05, 3.63) is 58.1 Å². The van der Waals surface area contributed by atoms with Crippen LogP contribution < -0.4 is 5.32 Å². The molecule has 100 valence electrons. The second kappa shape index (κ2) is 6.95. The zero-order chi connectivity index (χ0) is 13.7. The topological polar surface area (TPSA) is 12.0 Å². The van der Waals surface area contributed by atoms with Crippen molar-refractivity contribution in [2.24, 2.45) is 0 Å². The number of rotatable bonds is 5. The molecule has 2 aromatic rings. The Morgan fingerprint density at radius 1 is 0.895 bits per heavy atom. The van der Waals surface area contributed by atoms with Gasteiger partial charge in [-0.1, -0.05) is 54.4 Å². The van der Waals surface area contributed by atoms with E-state index in [4.69, 9.17) is 23.2 Å². The Hall–Kier alpha value is -1.02. The Kier molecular flexibility index (Phi) is 5.26. The Labute approximate surface area is 124 Å². The first kappa shape index (κ1) is 14.4. The molecule has 0 heterocycles. The molecule has 2 aromatic carbocycles. The van der Waals surface area contributed by atoms with Crippen molar-refractivity contribution in [3.8, 4) is 11.1 Å². The van der Waals surface area contributed by atoms with Crippen molar-refractivity contribution in [3.63, 3.8) is 0 Å². The molecule has 0 bridgehead atoms. The summed E-state index contributed by atoms with van der Waals surface area (Å²) in [5, 5.41) is 4.71. The highest BCUT2D eigenvalue weighted by Crippen LogP contribution is 2.27. The molecule has 0 radical (unpaired) electrons. The summed E-state index contributed by atoms with van der Waals surface area (Å²) < 4.78 is 0. The van der Waals surface area contributed by atoms with Crippen LogP contribution in [0.1, 0.15) is 18.9 Å². The van der Waals surface area contributed by atoms with Crippen molar-refractivity contribution in [2.75, 3.05) is 6.54 Å². The van der Waals surface area contributed by atoms with Gasteiger partial charge in [0.2, 0.25) is 0 Å². The second-order valence-corrected chi connectivity index (χ2v) is 5.40. The smallest absolute Gasteiger partial charge is 0.0426 e. The van der Waals surface area contributed by atoms with E-state index in [9.17, 15) is 0 Å². The summed E-state index contributed by atoms with van der Waals surface area (Å²) in [5.41, 5.74) is 3.46. The molecular weight excluding hydrogens is 277 g/mol. The molecule has 0 saturated heterocycles. The monoisotopic (exact) mass is 293 g/mol. The van der Waals surface area contributed by atoms with Gasteiger partial charge in [-0.15, -0.1) is 0 Å². The van der Waals surface area contributed by atoms with Crippen molar-refractivity contribution in [1.82, 2.24) is 5.32 Å². The number of nitrogens with one attached hydrogen (secondary N) is 1. The largest absolute Gasteiger partial charge is 0.313 e. The molecule has 0 amide bonds. The normalized spacial score (nSPS) is 10.7. The molecule has 1 N–H and O–H groups in total. The predicted octanol–water partition coefficient (Wildman–Crippen LogP) is 5.16. The summed E-state index contributed by atoms with van der Waals surface area (Å²) in [6, 6.07) is 14.1. The van der Waals surface area contributed by atoms with Gasteiger partial charge in [-0.2, -0.15) is 0 Å². The molecule has 2 rings (SSSR count). The van der Waals surface area contributed by atoms with Gasteiger partial charge in [0.25, 0.3) is 0 Å². The van der Waals surface area contributed by atoms with Gasteiger partial charge in [0.1, 0.15) is 0 Å². The lowest BCUT2D eigenvalue weighted by Crippen LogP contribution is -2.13. The van der Waals surface area contributed by atoms with E-state index in [1.807, 2.05) is 12.1 Å². The van der Waals surface area contributed by atoms with Crippen LogP contribution in [0, 0.1) is 0 Å². The van der Waals surface area contributed by atoms with Crippen LogP contribution in [0.15, 0.2) is 42.5 Å². The fourth-order valence-corrected chi connectivity index (χ4v) is 2.47. The molecule has 3 heteroatoms. The van der Waals surface area contributed by atoms with E-state index >= 15 is 0 Å². The zero-order valence-corrected chi connectivity index (χ0v) is 12.4. The van der Waals surface area contributed by atoms with Crippen LogP contribution in [0.2, 0.25) is 10.0 Å². The van der Waals surface area contributed by atoms with Crippen molar-refractivity contribution in [2.45, 2.75) is 19.9 Å². The fraction of sp³-hybridized carbons (Fsp3) is 0.250. The molecular formula is C16H17Cl2N. The van der Waals surface area contributed by atoms with Crippen molar-refractivity contribution >= 4 is 23.2 Å². The predicted molar refractivity (Wildman–Crippen MR) is 83.9 cm³/mol. The average molecular weight is 294 g/mol. The minimum atomic E-state index is 0.663. The van der Waals surface area contributed by atoms with Crippen LogP contribution in [0.25, 0.3) is 11.1 Å². The minimum absolute atomic E-state index is 0.663. The lowest BCUT2D eigenvalue weighted by atomic mass is 10.0. The highest BCUT2D eigenvalue weighted by atomic mass is 35.5. The SMILES string of the molecule is CCCNCc1ccc(-c2cc(Cl)cc(Cl)c2)cc1. The molecule has 0 spiro atoms. The van der Waals surface area contributed by atoms with Gasteiger partial charge in [0, 0.05) is 16.6 Å².